The third kappa shape index (κ3) is 1.60. The van der Waals surface area contributed by atoms with Crippen molar-refractivity contribution >= 4 is 0 Å². The lowest BCUT2D eigenvalue weighted by atomic mass is 10.1. The Morgan fingerprint density at radius 1 is 0.938 bits per heavy atom. The Balaban J connectivity index is 1.87. The molecule has 1 aromatic rings. The van der Waals surface area contributed by atoms with Gasteiger partial charge in [0.15, 0.2) is 11.5 Å². The molecule has 3 heteroatoms. The maximum atomic E-state index is 9.40. The van der Waals surface area contributed by atoms with Crippen molar-refractivity contribution < 1.29 is 14.6 Å². The first-order valence-corrected chi connectivity index (χ1v) is 5.99. The molecule has 1 aliphatic heterocycles. The fraction of sp³-hybridized carbons (Fsp3) is 0.538. The molecule has 1 fully saturated rings. The highest BCUT2D eigenvalue weighted by Gasteiger charge is 2.41. The van der Waals surface area contributed by atoms with Crippen LogP contribution in [0.5, 0.6) is 17.2 Å². The number of fused-ring (bicyclic) bond motifs is 1. The van der Waals surface area contributed by atoms with Gasteiger partial charge >= 0.3 is 0 Å². The van der Waals surface area contributed by atoms with Crippen molar-refractivity contribution in [1.82, 2.24) is 0 Å². The summed E-state index contributed by atoms with van der Waals surface area (Å²) in [6.07, 6.45) is 6.72. The SMILES string of the molecule is Oc1ccc2c(c1)OC1(CCCCCC1)O2. The molecule has 0 radical (unpaired) electrons. The molecule has 3 rings (SSSR count). The normalized spacial score (nSPS) is 22.0. The van der Waals surface area contributed by atoms with Crippen LogP contribution in [-0.2, 0) is 0 Å². The van der Waals surface area contributed by atoms with Gasteiger partial charge in [0.1, 0.15) is 5.75 Å². The van der Waals surface area contributed by atoms with Gasteiger partial charge in [-0.2, -0.15) is 0 Å². The van der Waals surface area contributed by atoms with Gasteiger partial charge in [0.05, 0.1) is 0 Å². The third-order valence-electron chi connectivity index (χ3n) is 3.38. The maximum Gasteiger partial charge on any atom is 0.251 e. The Hall–Kier alpha value is -1.38. The molecular weight excluding hydrogens is 204 g/mol. The zero-order valence-electron chi connectivity index (χ0n) is 9.24. The van der Waals surface area contributed by atoms with Crippen molar-refractivity contribution in [2.75, 3.05) is 0 Å². The summed E-state index contributed by atoms with van der Waals surface area (Å²) in [5.41, 5.74) is 0. The molecule has 0 aromatic heterocycles. The third-order valence-corrected chi connectivity index (χ3v) is 3.38. The van der Waals surface area contributed by atoms with Gasteiger partial charge in [-0.15, -0.1) is 0 Å². The first-order valence-electron chi connectivity index (χ1n) is 5.99. The molecule has 1 spiro atoms. The highest BCUT2D eigenvalue weighted by Crippen LogP contribution is 2.45. The van der Waals surface area contributed by atoms with Crippen molar-refractivity contribution in [2.45, 2.75) is 44.3 Å². The highest BCUT2D eigenvalue weighted by atomic mass is 16.7. The summed E-state index contributed by atoms with van der Waals surface area (Å²) in [7, 11) is 0. The van der Waals surface area contributed by atoms with Gasteiger partial charge < -0.3 is 14.6 Å². The van der Waals surface area contributed by atoms with Crippen molar-refractivity contribution in [3.05, 3.63) is 18.2 Å². The molecule has 0 atom stereocenters. The number of phenols is 1. The Morgan fingerprint density at radius 3 is 2.38 bits per heavy atom. The lowest BCUT2D eigenvalue weighted by molar-refractivity contribution is -0.0900. The van der Waals surface area contributed by atoms with Gasteiger partial charge in [0.25, 0.3) is 5.79 Å². The molecule has 1 aliphatic carbocycles. The zero-order chi connectivity index (χ0) is 11.0. The molecule has 0 amide bonds. The second-order valence-corrected chi connectivity index (χ2v) is 4.66. The minimum absolute atomic E-state index is 0.230. The van der Waals surface area contributed by atoms with Gasteiger partial charge in [-0.3, -0.25) is 0 Å². The molecule has 0 saturated heterocycles. The van der Waals surface area contributed by atoms with E-state index in [1.165, 1.54) is 12.8 Å². The molecule has 86 valence electrons. The Morgan fingerprint density at radius 2 is 1.62 bits per heavy atom. The number of benzene rings is 1. The summed E-state index contributed by atoms with van der Waals surface area (Å²) in [4.78, 5) is 0. The largest absolute Gasteiger partial charge is 0.508 e. The fourth-order valence-corrected chi connectivity index (χ4v) is 2.55. The molecule has 2 aliphatic rings. The van der Waals surface area contributed by atoms with Gasteiger partial charge in [-0.1, -0.05) is 12.8 Å². The zero-order valence-corrected chi connectivity index (χ0v) is 9.24. The summed E-state index contributed by atoms with van der Waals surface area (Å²) < 4.78 is 11.9. The topological polar surface area (TPSA) is 38.7 Å². The number of rotatable bonds is 0. The second kappa shape index (κ2) is 3.58. The predicted molar refractivity (Wildman–Crippen MR) is 59.8 cm³/mol. The monoisotopic (exact) mass is 220 g/mol. The molecular formula is C13H16O3. The minimum atomic E-state index is -0.452. The van der Waals surface area contributed by atoms with Crippen LogP contribution in [0.1, 0.15) is 38.5 Å². The van der Waals surface area contributed by atoms with Crippen LogP contribution in [0.2, 0.25) is 0 Å². The van der Waals surface area contributed by atoms with Crippen LogP contribution in [0.4, 0.5) is 0 Å². The summed E-state index contributed by atoms with van der Waals surface area (Å²) in [5.74, 6) is 1.22. The quantitative estimate of drug-likeness (QED) is 0.729. The standard InChI is InChI=1S/C13H16O3/c14-10-5-6-11-12(9-10)16-13(15-11)7-3-1-2-4-8-13/h5-6,9,14H,1-4,7-8H2. The average Bonchev–Trinajstić information content (AvgIpc) is 2.44. The van der Waals surface area contributed by atoms with Crippen LogP contribution >= 0.6 is 0 Å². The fourth-order valence-electron chi connectivity index (χ4n) is 2.55. The smallest absolute Gasteiger partial charge is 0.251 e. The van der Waals surface area contributed by atoms with E-state index in [4.69, 9.17) is 9.47 Å². The van der Waals surface area contributed by atoms with Crippen molar-refractivity contribution in [2.24, 2.45) is 0 Å². The van der Waals surface area contributed by atoms with Gasteiger partial charge in [0, 0.05) is 18.9 Å². The molecule has 0 unspecified atom stereocenters. The van der Waals surface area contributed by atoms with Crippen molar-refractivity contribution in [3.8, 4) is 17.2 Å². The Labute approximate surface area is 95.0 Å². The highest BCUT2D eigenvalue weighted by molar-refractivity contribution is 5.47. The summed E-state index contributed by atoms with van der Waals surface area (Å²) in [6, 6.07) is 5.05. The molecule has 16 heavy (non-hydrogen) atoms. The van der Waals surface area contributed by atoms with E-state index in [1.54, 1.807) is 18.2 Å². The van der Waals surface area contributed by atoms with Crippen molar-refractivity contribution in [1.29, 1.82) is 0 Å². The average molecular weight is 220 g/mol. The maximum absolute atomic E-state index is 9.40. The first kappa shape index (κ1) is 9.82. The second-order valence-electron chi connectivity index (χ2n) is 4.66. The minimum Gasteiger partial charge on any atom is -0.508 e. The molecule has 3 nitrogen and oxygen atoms in total. The van der Waals surface area contributed by atoms with Gasteiger partial charge in [0.2, 0.25) is 0 Å². The van der Waals surface area contributed by atoms with E-state index in [0.717, 1.165) is 31.4 Å². The number of aromatic hydroxyl groups is 1. The number of hydrogen-bond acceptors (Lipinski definition) is 3. The van der Waals surface area contributed by atoms with Gasteiger partial charge in [-0.05, 0) is 25.0 Å². The van der Waals surface area contributed by atoms with E-state index in [0.29, 0.717) is 5.75 Å². The molecule has 1 heterocycles. The molecule has 1 N–H and O–H groups in total. The molecule has 1 saturated carbocycles. The lowest BCUT2D eigenvalue weighted by Gasteiger charge is -2.25. The van der Waals surface area contributed by atoms with E-state index < -0.39 is 5.79 Å². The lowest BCUT2D eigenvalue weighted by Crippen LogP contribution is -2.37. The number of hydrogen-bond donors (Lipinski definition) is 1. The van der Waals surface area contributed by atoms with Crippen LogP contribution in [0.3, 0.4) is 0 Å². The number of ether oxygens (including phenoxy) is 2. The Kier molecular flexibility index (Phi) is 2.20. The van der Waals surface area contributed by atoms with E-state index in [-0.39, 0.29) is 5.75 Å². The van der Waals surface area contributed by atoms with Crippen LogP contribution in [0.15, 0.2) is 18.2 Å². The van der Waals surface area contributed by atoms with Crippen LogP contribution in [0, 0.1) is 0 Å². The van der Waals surface area contributed by atoms with Crippen LogP contribution < -0.4 is 9.47 Å². The van der Waals surface area contributed by atoms with E-state index in [1.807, 2.05) is 0 Å². The van der Waals surface area contributed by atoms with E-state index in [9.17, 15) is 5.11 Å². The molecule has 0 bridgehead atoms. The first-order chi connectivity index (χ1) is 7.77. The number of phenolic OH excluding ortho intramolecular Hbond substituents is 1. The Bertz CT molecular complexity index is 392. The summed E-state index contributed by atoms with van der Waals surface area (Å²) in [5, 5.41) is 9.40. The van der Waals surface area contributed by atoms with Gasteiger partial charge in [-0.25, -0.2) is 0 Å². The van der Waals surface area contributed by atoms with Crippen LogP contribution in [-0.4, -0.2) is 10.9 Å². The molecule has 1 aromatic carbocycles. The van der Waals surface area contributed by atoms with E-state index >= 15 is 0 Å². The predicted octanol–water partition coefficient (Wildman–Crippen LogP) is 3.21. The van der Waals surface area contributed by atoms with E-state index in [2.05, 4.69) is 0 Å². The summed E-state index contributed by atoms with van der Waals surface area (Å²) in [6.45, 7) is 0. The van der Waals surface area contributed by atoms with Crippen LogP contribution in [0.25, 0.3) is 0 Å². The van der Waals surface area contributed by atoms with Crippen molar-refractivity contribution in [3.63, 3.8) is 0 Å². The summed E-state index contributed by atoms with van der Waals surface area (Å²) >= 11 is 0.